The maximum atomic E-state index is 9.13. The third-order valence-electron chi connectivity index (χ3n) is 1.40. The summed E-state index contributed by atoms with van der Waals surface area (Å²) in [5.74, 6) is 0.373. The standard InChI is InChI=1S/C8H10OS/c1-6-5-7(10-2)3-4-8(6)9/h3-5,9H,1-2H3. The van der Waals surface area contributed by atoms with Gasteiger partial charge in [-0.05, 0) is 36.9 Å². The fourth-order valence-electron chi connectivity index (χ4n) is 0.755. The largest absolute Gasteiger partial charge is 0.508 e. The molecule has 1 N–H and O–H groups in total. The van der Waals surface area contributed by atoms with Crippen LogP contribution in [0.2, 0.25) is 0 Å². The first-order chi connectivity index (χ1) is 4.74. The van der Waals surface area contributed by atoms with E-state index >= 15 is 0 Å². The molecular formula is C8H10OS. The summed E-state index contributed by atoms with van der Waals surface area (Å²) in [6.45, 7) is 1.90. The fourth-order valence-corrected chi connectivity index (χ4v) is 1.25. The number of hydrogen-bond donors (Lipinski definition) is 1. The van der Waals surface area contributed by atoms with Crippen LogP contribution in [0.15, 0.2) is 23.1 Å². The molecule has 0 unspecified atom stereocenters. The van der Waals surface area contributed by atoms with E-state index in [-0.39, 0.29) is 0 Å². The van der Waals surface area contributed by atoms with Crippen molar-refractivity contribution < 1.29 is 5.11 Å². The minimum atomic E-state index is 0.373. The van der Waals surface area contributed by atoms with Crippen molar-refractivity contribution >= 4 is 11.8 Å². The lowest BCUT2D eigenvalue weighted by Gasteiger charge is -1.99. The summed E-state index contributed by atoms with van der Waals surface area (Å²) < 4.78 is 0. The van der Waals surface area contributed by atoms with Crippen molar-refractivity contribution in [2.75, 3.05) is 6.26 Å². The van der Waals surface area contributed by atoms with Crippen LogP contribution in [-0.2, 0) is 0 Å². The van der Waals surface area contributed by atoms with E-state index in [2.05, 4.69) is 0 Å². The molecule has 0 saturated heterocycles. The van der Waals surface area contributed by atoms with E-state index in [1.54, 1.807) is 17.8 Å². The summed E-state index contributed by atoms with van der Waals surface area (Å²) in [7, 11) is 0. The van der Waals surface area contributed by atoms with Crippen molar-refractivity contribution in [1.82, 2.24) is 0 Å². The van der Waals surface area contributed by atoms with Crippen LogP contribution in [0.25, 0.3) is 0 Å². The van der Waals surface area contributed by atoms with Crippen LogP contribution in [0.3, 0.4) is 0 Å². The molecule has 0 aliphatic heterocycles. The first-order valence-electron chi connectivity index (χ1n) is 3.07. The maximum absolute atomic E-state index is 9.13. The zero-order valence-corrected chi connectivity index (χ0v) is 6.90. The van der Waals surface area contributed by atoms with Gasteiger partial charge in [0.15, 0.2) is 0 Å². The van der Waals surface area contributed by atoms with E-state index in [1.165, 1.54) is 4.90 Å². The molecule has 0 saturated carbocycles. The number of phenolic OH excluding ortho intramolecular Hbond substituents is 1. The van der Waals surface area contributed by atoms with Gasteiger partial charge in [-0.1, -0.05) is 0 Å². The average Bonchev–Trinajstić information content (AvgIpc) is 1.95. The minimum Gasteiger partial charge on any atom is -0.508 e. The number of phenols is 1. The molecule has 0 aliphatic rings. The molecule has 0 bridgehead atoms. The normalized spacial score (nSPS) is 9.80. The molecule has 2 heteroatoms. The van der Waals surface area contributed by atoms with Gasteiger partial charge in [-0.15, -0.1) is 11.8 Å². The highest BCUT2D eigenvalue weighted by atomic mass is 32.2. The van der Waals surface area contributed by atoms with Crippen molar-refractivity contribution in [1.29, 1.82) is 0 Å². The Morgan fingerprint density at radius 1 is 1.40 bits per heavy atom. The molecule has 1 aromatic rings. The molecule has 0 atom stereocenters. The second-order valence-corrected chi connectivity index (χ2v) is 3.03. The van der Waals surface area contributed by atoms with Crippen LogP contribution < -0.4 is 0 Å². The molecule has 0 heterocycles. The fraction of sp³-hybridized carbons (Fsp3) is 0.250. The highest BCUT2D eigenvalue weighted by molar-refractivity contribution is 7.98. The Kier molecular flexibility index (Phi) is 2.22. The topological polar surface area (TPSA) is 20.2 Å². The van der Waals surface area contributed by atoms with Gasteiger partial charge in [-0.2, -0.15) is 0 Å². The van der Waals surface area contributed by atoms with Crippen molar-refractivity contribution in [3.63, 3.8) is 0 Å². The number of aryl methyl sites for hydroxylation is 1. The molecule has 10 heavy (non-hydrogen) atoms. The molecule has 1 nitrogen and oxygen atoms in total. The molecule has 0 fully saturated rings. The molecule has 0 aromatic heterocycles. The van der Waals surface area contributed by atoms with Gasteiger partial charge in [-0.3, -0.25) is 0 Å². The summed E-state index contributed by atoms with van der Waals surface area (Å²) in [6, 6.07) is 5.61. The van der Waals surface area contributed by atoms with Crippen molar-refractivity contribution in [2.24, 2.45) is 0 Å². The molecular weight excluding hydrogens is 144 g/mol. The van der Waals surface area contributed by atoms with Gasteiger partial charge < -0.3 is 5.11 Å². The zero-order valence-electron chi connectivity index (χ0n) is 6.09. The monoisotopic (exact) mass is 154 g/mol. The second kappa shape index (κ2) is 2.97. The predicted octanol–water partition coefficient (Wildman–Crippen LogP) is 2.42. The Bertz CT molecular complexity index is 233. The third-order valence-corrected chi connectivity index (χ3v) is 2.13. The summed E-state index contributed by atoms with van der Waals surface area (Å²) in [4.78, 5) is 1.19. The predicted molar refractivity (Wildman–Crippen MR) is 44.6 cm³/mol. The van der Waals surface area contributed by atoms with Crippen LogP contribution >= 0.6 is 11.8 Å². The Morgan fingerprint density at radius 3 is 2.60 bits per heavy atom. The molecule has 0 spiro atoms. The minimum absolute atomic E-state index is 0.373. The summed E-state index contributed by atoms with van der Waals surface area (Å²) >= 11 is 1.68. The van der Waals surface area contributed by atoms with Gasteiger partial charge in [-0.25, -0.2) is 0 Å². The molecule has 0 amide bonds. The van der Waals surface area contributed by atoms with Crippen LogP contribution in [0, 0.1) is 6.92 Å². The average molecular weight is 154 g/mol. The SMILES string of the molecule is CSc1ccc(O)c(C)c1. The van der Waals surface area contributed by atoms with Gasteiger partial charge in [0.05, 0.1) is 0 Å². The quantitative estimate of drug-likeness (QED) is 0.627. The van der Waals surface area contributed by atoms with Crippen LogP contribution in [-0.4, -0.2) is 11.4 Å². The van der Waals surface area contributed by atoms with E-state index in [0.29, 0.717) is 5.75 Å². The number of rotatable bonds is 1. The van der Waals surface area contributed by atoms with Gasteiger partial charge in [0.2, 0.25) is 0 Å². The summed E-state index contributed by atoms with van der Waals surface area (Å²) in [5.41, 5.74) is 0.937. The third kappa shape index (κ3) is 1.45. The lowest BCUT2D eigenvalue weighted by Crippen LogP contribution is -1.74. The van der Waals surface area contributed by atoms with Crippen LogP contribution in [0.1, 0.15) is 5.56 Å². The van der Waals surface area contributed by atoms with E-state index in [9.17, 15) is 0 Å². The lowest BCUT2D eigenvalue weighted by molar-refractivity contribution is 0.470. The molecule has 0 radical (unpaired) electrons. The van der Waals surface area contributed by atoms with Gasteiger partial charge >= 0.3 is 0 Å². The van der Waals surface area contributed by atoms with Crippen molar-refractivity contribution in [3.8, 4) is 5.75 Å². The smallest absolute Gasteiger partial charge is 0.118 e. The maximum Gasteiger partial charge on any atom is 0.118 e. The number of hydrogen-bond acceptors (Lipinski definition) is 2. The summed E-state index contributed by atoms with van der Waals surface area (Å²) in [6.07, 6.45) is 2.02. The molecule has 1 rings (SSSR count). The van der Waals surface area contributed by atoms with E-state index in [0.717, 1.165) is 5.56 Å². The van der Waals surface area contributed by atoms with E-state index in [1.807, 2.05) is 25.3 Å². The van der Waals surface area contributed by atoms with Gasteiger partial charge in [0.1, 0.15) is 5.75 Å². The molecule has 0 aliphatic carbocycles. The van der Waals surface area contributed by atoms with E-state index in [4.69, 9.17) is 5.11 Å². The molecule has 1 aromatic carbocycles. The van der Waals surface area contributed by atoms with Gasteiger partial charge in [0, 0.05) is 4.90 Å². The Hall–Kier alpha value is -0.630. The summed E-state index contributed by atoms with van der Waals surface area (Å²) in [5, 5.41) is 9.13. The highest BCUT2D eigenvalue weighted by Gasteiger charge is 1.94. The first kappa shape index (κ1) is 7.48. The first-order valence-corrected chi connectivity index (χ1v) is 4.30. The lowest BCUT2D eigenvalue weighted by atomic mass is 10.2. The van der Waals surface area contributed by atoms with Crippen molar-refractivity contribution in [3.05, 3.63) is 23.8 Å². The zero-order chi connectivity index (χ0) is 7.56. The van der Waals surface area contributed by atoms with E-state index < -0.39 is 0 Å². The number of thioether (sulfide) groups is 1. The second-order valence-electron chi connectivity index (χ2n) is 2.15. The Morgan fingerprint density at radius 2 is 2.10 bits per heavy atom. The molecule has 54 valence electrons. The van der Waals surface area contributed by atoms with Crippen LogP contribution in [0.5, 0.6) is 5.75 Å². The van der Waals surface area contributed by atoms with Crippen LogP contribution in [0.4, 0.5) is 0 Å². The Labute approximate surface area is 65.1 Å². The van der Waals surface area contributed by atoms with Gasteiger partial charge in [0.25, 0.3) is 0 Å². The van der Waals surface area contributed by atoms with Crippen molar-refractivity contribution in [2.45, 2.75) is 11.8 Å². The number of benzene rings is 1. The Balaban J connectivity index is 3.04. The highest BCUT2D eigenvalue weighted by Crippen LogP contribution is 2.22. The number of aromatic hydroxyl groups is 1.